The molecule has 0 aliphatic carbocycles. The number of thiophene rings is 1. The number of hydrogen-bond acceptors (Lipinski definition) is 3. The SMILES string of the molecule is CSc1ccc(Cl)c(C(=O)N[C@H](C)c2cccs2)c1. The highest BCUT2D eigenvalue weighted by molar-refractivity contribution is 7.98. The van der Waals surface area contributed by atoms with Crippen molar-refractivity contribution in [2.24, 2.45) is 0 Å². The van der Waals surface area contributed by atoms with Gasteiger partial charge in [-0.15, -0.1) is 23.1 Å². The summed E-state index contributed by atoms with van der Waals surface area (Å²) < 4.78 is 0. The largest absolute Gasteiger partial charge is 0.345 e. The van der Waals surface area contributed by atoms with E-state index in [1.54, 1.807) is 29.2 Å². The first-order valence-electron chi connectivity index (χ1n) is 5.79. The molecule has 19 heavy (non-hydrogen) atoms. The van der Waals surface area contributed by atoms with E-state index >= 15 is 0 Å². The van der Waals surface area contributed by atoms with Gasteiger partial charge in [-0.3, -0.25) is 4.79 Å². The maximum absolute atomic E-state index is 12.2. The Bertz CT molecular complexity index is 569. The number of halogens is 1. The molecule has 1 aromatic heterocycles. The van der Waals surface area contributed by atoms with Gasteiger partial charge in [0.2, 0.25) is 0 Å². The molecule has 0 unspecified atom stereocenters. The monoisotopic (exact) mass is 311 g/mol. The summed E-state index contributed by atoms with van der Waals surface area (Å²) in [7, 11) is 0. The van der Waals surface area contributed by atoms with Crippen LogP contribution in [0.3, 0.4) is 0 Å². The summed E-state index contributed by atoms with van der Waals surface area (Å²) in [5.74, 6) is -0.137. The first kappa shape index (κ1) is 14.4. The second-order valence-electron chi connectivity index (χ2n) is 4.06. The number of carbonyl (C=O) groups is 1. The number of rotatable bonds is 4. The quantitative estimate of drug-likeness (QED) is 0.835. The number of carbonyl (C=O) groups excluding carboxylic acids is 1. The van der Waals surface area contributed by atoms with Crippen LogP contribution in [0.2, 0.25) is 5.02 Å². The molecule has 100 valence electrons. The van der Waals surface area contributed by atoms with Crippen LogP contribution in [-0.2, 0) is 0 Å². The van der Waals surface area contributed by atoms with Crippen molar-refractivity contribution < 1.29 is 4.79 Å². The van der Waals surface area contributed by atoms with Gasteiger partial charge in [0.05, 0.1) is 16.6 Å². The molecule has 5 heteroatoms. The van der Waals surface area contributed by atoms with Gasteiger partial charge >= 0.3 is 0 Å². The number of hydrogen-bond donors (Lipinski definition) is 1. The van der Waals surface area contributed by atoms with Crippen molar-refractivity contribution in [2.45, 2.75) is 17.9 Å². The predicted molar refractivity (Wildman–Crippen MR) is 83.4 cm³/mol. The van der Waals surface area contributed by atoms with E-state index in [-0.39, 0.29) is 11.9 Å². The third kappa shape index (κ3) is 3.53. The van der Waals surface area contributed by atoms with Crippen LogP contribution in [0.15, 0.2) is 40.6 Å². The summed E-state index contributed by atoms with van der Waals surface area (Å²) >= 11 is 9.31. The number of nitrogens with one attached hydrogen (secondary N) is 1. The molecule has 2 aromatic rings. The summed E-state index contributed by atoms with van der Waals surface area (Å²) in [5, 5.41) is 5.45. The molecule has 0 radical (unpaired) electrons. The number of benzene rings is 1. The Kier molecular flexibility index (Phi) is 4.91. The lowest BCUT2D eigenvalue weighted by atomic mass is 10.2. The van der Waals surface area contributed by atoms with E-state index in [9.17, 15) is 4.79 Å². The summed E-state index contributed by atoms with van der Waals surface area (Å²) in [5.41, 5.74) is 0.525. The zero-order valence-electron chi connectivity index (χ0n) is 10.6. The third-order valence-electron chi connectivity index (χ3n) is 2.74. The molecular formula is C14H14ClNOS2. The molecule has 2 nitrogen and oxygen atoms in total. The molecule has 1 atom stereocenters. The minimum atomic E-state index is -0.137. The van der Waals surface area contributed by atoms with E-state index in [2.05, 4.69) is 5.32 Å². The fourth-order valence-electron chi connectivity index (χ4n) is 1.69. The molecule has 1 amide bonds. The molecule has 2 rings (SSSR count). The van der Waals surface area contributed by atoms with Gasteiger partial charge in [0.1, 0.15) is 0 Å². The van der Waals surface area contributed by atoms with E-state index in [0.29, 0.717) is 10.6 Å². The fraction of sp³-hybridized carbons (Fsp3) is 0.214. The van der Waals surface area contributed by atoms with Crippen molar-refractivity contribution in [3.05, 3.63) is 51.2 Å². The maximum atomic E-state index is 12.2. The second-order valence-corrected chi connectivity index (χ2v) is 6.32. The topological polar surface area (TPSA) is 29.1 Å². The molecule has 0 fully saturated rings. The molecule has 0 aliphatic rings. The van der Waals surface area contributed by atoms with Crippen LogP contribution in [0.5, 0.6) is 0 Å². The highest BCUT2D eigenvalue weighted by atomic mass is 35.5. The van der Waals surface area contributed by atoms with Crippen LogP contribution in [0.25, 0.3) is 0 Å². The first-order chi connectivity index (χ1) is 9.11. The van der Waals surface area contributed by atoms with Crippen LogP contribution >= 0.6 is 34.7 Å². The van der Waals surface area contributed by atoms with Crippen molar-refractivity contribution in [3.63, 3.8) is 0 Å². The lowest BCUT2D eigenvalue weighted by Crippen LogP contribution is -2.26. The van der Waals surface area contributed by atoms with Crippen LogP contribution in [0.1, 0.15) is 28.2 Å². The van der Waals surface area contributed by atoms with Crippen LogP contribution < -0.4 is 5.32 Å². The Morgan fingerprint density at radius 3 is 2.84 bits per heavy atom. The highest BCUT2D eigenvalue weighted by Gasteiger charge is 2.15. The number of amides is 1. The van der Waals surface area contributed by atoms with Crippen molar-refractivity contribution in [1.29, 1.82) is 0 Å². The minimum absolute atomic E-state index is 0.0125. The maximum Gasteiger partial charge on any atom is 0.253 e. The molecular weight excluding hydrogens is 298 g/mol. The van der Waals surface area contributed by atoms with Crippen LogP contribution in [0.4, 0.5) is 0 Å². The van der Waals surface area contributed by atoms with Gasteiger partial charge in [-0.1, -0.05) is 17.7 Å². The van der Waals surface area contributed by atoms with Crippen molar-refractivity contribution >= 4 is 40.6 Å². The minimum Gasteiger partial charge on any atom is -0.345 e. The van der Waals surface area contributed by atoms with Gasteiger partial charge in [0, 0.05) is 9.77 Å². The number of thioether (sulfide) groups is 1. The van der Waals surface area contributed by atoms with Crippen molar-refractivity contribution in [1.82, 2.24) is 5.32 Å². The smallest absolute Gasteiger partial charge is 0.253 e. The van der Waals surface area contributed by atoms with E-state index in [1.807, 2.05) is 42.8 Å². The molecule has 0 bridgehead atoms. The standard InChI is InChI=1S/C14H14ClNOS2/c1-9(13-4-3-7-19-13)16-14(17)11-8-10(18-2)5-6-12(11)15/h3-9H,1-2H3,(H,16,17)/t9-/m1/s1. The lowest BCUT2D eigenvalue weighted by Gasteiger charge is -2.13. The average molecular weight is 312 g/mol. The molecule has 0 saturated heterocycles. The Hall–Kier alpha value is -0.970. The van der Waals surface area contributed by atoms with Gasteiger partial charge in [-0.05, 0) is 42.8 Å². The van der Waals surface area contributed by atoms with Gasteiger partial charge in [0.15, 0.2) is 0 Å². The third-order valence-corrected chi connectivity index (χ3v) is 4.85. The zero-order chi connectivity index (χ0) is 13.8. The van der Waals surface area contributed by atoms with Crippen LogP contribution in [-0.4, -0.2) is 12.2 Å². The highest BCUT2D eigenvalue weighted by Crippen LogP contribution is 2.24. The Labute approximate surface area is 126 Å². The van der Waals surface area contributed by atoms with E-state index in [0.717, 1.165) is 9.77 Å². The summed E-state index contributed by atoms with van der Waals surface area (Å²) in [6, 6.07) is 9.47. The predicted octanol–water partition coefficient (Wildman–Crippen LogP) is 4.61. The average Bonchev–Trinajstić information content (AvgIpc) is 2.93. The Morgan fingerprint density at radius 1 is 1.42 bits per heavy atom. The zero-order valence-corrected chi connectivity index (χ0v) is 13.0. The van der Waals surface area contributed by atoms with Crippen LogP contribution in [0, 0.1) is 0 Å². The molecule has 1 heterocycles. The van der Waals surface area contributed by atoms with Gasteiger partial charge in [-0.2, -0.15) is 0 Å². The first-order valence-corrected chi connectivity index (χ1v) is 8.28. The molecule has 1 aromatic carbocycles. The fourth-order valence-corrected chi connectivity index (χ4v) is 3.07. The van der Waals surface area contributed by atoms with E-state index in [1.165, 1.54) is 0 Å². The summed E-state index contributed by atoms with van der Waals surface area (Å²) in [4.78, 5) is 14.4. The second kappa shape index (κ2) is 6.46. The molecule has 1 N–H and O–H groups in total. The van der Waals surface area contributed by atoms with Gasteiger partial charge in [-0.25, -0.2) is 0 Å². The Morgan fingerprint density at radius 2 is 2.21 bits per heavy atom. The molecule has 0 saturated carbocycles. The molecule has 0 spiro atoms. The Balaban J connectivity index is 2.16. The van der Waals surface area contributed by atoms with Crippen molar-refractivity contribution in [3.8, 4) is 0 Å². The van der Waals surface area contributed by atoms with E-state index in [4.69, 9.17) is 11.6 Å². The summed E-state index contributed by atoms with van der Waals surface area (Å²) in [6.07, 6.45) is 1.97. The van der Waals surface area contributed by atoms with Crippen molar-refractivity contribution in [2.75, 3.05) is 6.26 Å². The normalized spacial score (nSPS) is 12.2. The van der Waals surface area contributed by atoms with E-state index < -0.39 is 0 Å². The summed E-state index contributed by atoms with van der Waals surface area (Å²) in [6.45, 7) is 1.97. The van der Waals surface area contributed by atoms with Gasteiger partial charge in [0.25, 0.3) is 5.91 Å². The lowest BCUT2D eigenvalue weighted by molar-refractivity contribution is 0.0940. The van der Waals surface area contributed by atoms with Gasteiger partial charge < -0.3 is 5.32 Å². The molecule has 0 aliphatic heterocycles.